The summed E-state index contributed by atoms with van der Waals surface area (Å²) in [5.41, 5.74) is 3.35. The van der Waals surface area contributed by atoms with Gasteiger partial charge < -0.3 is 5.32 Å². The molecule has 0 spiro atoms. The molecule has 2 bridgehead atoms. The van der Waals surface area contributed by atoms with Gasteiger partial charge in [0.05, 0.1) is 22.1 Å². The number of non-ortho nitro benzene ring substituents is 1. The van der Waals surface area contributed by atoms with Gasteiger partial charge in [-0.1, -0.05) is 32.5 Å². The van der Waals surface area contributed by atoms with Crippen LogP contribution in [-0.4, -0.2) is 31.8 Å². The quantitative estimate of drug-likeness (QED) is 0.448. The lowest BCUT2D eigenvalue weighted by atomic mass is 9.70. The zero-order chi connectivity index (χ0) is 21.0. The van der Waals surface area contributed by atoms with Gasteiger partial charge in [0, 0.05) is 29.2 Å². The number of aryl methyl sites for hydroxylation is 1. The Kier molecular flexibility index (Phi) is 4.60. The first-order chi connectivity index (χ1) is 13.6. The third-order valence-corrected chi connectivity index (χ3v) is 7.64. The Bertz CT molecular complexity index is 1030. The van der Waals surface area contributed by atoms with E-state index in [0.29, 0.717) is 22.3 Å². The van der Waals surface area contributed by atoms with Crippen LogP contribution >= 0.6 is 11.8 Å². The van der Waals surface area contributed by atoms with E-state index in [1.165, 1.54) is 23.9 Å². The molecule has 0 radical (unpaired) electrons. The fourth-order valence-electron chi connectivity index (χ4n) is 4.64. The first-order valence-corrected chi connectivity index (χ1v) is 10.5. The standard InChI is InChI=1S/C20H23N5O3S/c1-11-9-12(25(27)28)5-6-14(11)21-15(26)10-29-18-22-17-16(23-24-18)13-7-8-20(17,4)19(13,2)3/h5-6,9,13H,7-8,10H2,1-4H3,(H,21,26)/t13-,20+/m1/s1. The highest BCUT2D eigenvalue weighted by atomic mass is 32.2. The fourth-order valence-corrected chi connectivity index (χ4v) is 5.23. The maximum atomic E-state index is 12.3. The number of rotatable bonds is 5. The van der Waals surface area contributed by atoms with Gasteiger partial charge in [-0.05, 0) is 36.8 Å². The van der Waals surface area contributed by atoms with Gasteiger partial charge in [-0.25, -0.2) is 4.98 Å². The number of benzene rings is 1. The molecule has 1 saturated carbocycles. The Morgan fingerprint density at radius 3 is 2.79 bits per heavy atom. The Hall–Kier alpha value is -2.55. The van der Waals surface area contributed by atoms with Crippen molar-refractivity contribution < 1.29 is 9.72 Å². The van der Waals surface area contributed by atoms with Crippen molar-refractivity contribution >= 4 is 29.0 Å². The number of amides is 1. The van der Waals surface area contributed by atoms with E-state index in [4.69, 9.17) is 4.98 Å². The molecule has 1 amide bonds. The van der Waals surface area contributed by atoms with Crippen LogP contribution < -0.4 is 5.32 Å². The Balaban J connectivity index is 1.43. The van der Waals surface area contributed by atoms with Crippen LogP contribution in [0.3, 0.4) is 0 Å². The van der Waals surface area contributed by atoms with Gasteiger partial charge in [-0.3, -0.25) is 14.9 Å². The lowest BCUT2D eigenvalue weighted by molar-refractivity contribution is -0.384. The second-order valence-electron chi connectivity index (χ2n) is 8.57. The molecule has 0 saturated heterocycles. The molecule has 1 fully saturated rings. The summed E-state index contributed by atoms with van der Waals surface area (Å²) in [4.78, 5) is 27.5. The van der Waals surface area contributed by atoms with Crippen molar-refractivity contribution in [2.75, 3.05) is 11.1 Å². The zero-order valence-corrected chi connectivity index (χ0v) is 17.7. The molecule has 1 N–H and O–H groups in total. The second-order valence-corrected chi connectivity index (χ2v) is 9.51. The van der Waals surface area contributed by atoms with Crippen molar-refractivity contribution in [1.82, 2.24) is 15.2 Å². The van der Waals surface area contributed by atoms with Gasteiger partial charge in [0.1, 0.15) is 0 Å². The number of hydrogen-bond acceptors (Lipinski definition) is 7. The number of thioether (sulfide) groups is 1. The molecule has 1 heterocycles. The van der Waals surface area contributed by atoms with Gasteiger partial charge in [0.25, 0.3) is 5.69 Å². The van der Waals surface area contributed by atoms with Crippen LogP contribution in [-0.2, 0) is 10.2 Å². The highest BCUT2D eigenvalue weighted by Gasteiger charge is 2.61. The van der Waals surface area contributed by atoms with Crippen molar-refractivity contribution in [1.29, 1.82) is 0 Å². The number of nitrogens with one attached hydrogen (secondary N) is 1. The number of carbonyl (C=O) groups is 1. The molecule has 2 aliphatic carbocycles. The molecule has 0 aliphatic heterocycles. The number of nitro benzene ring substituents is 1. The minimum absolute atomic E-state index is 0.00166. The summed E-state index contributed by atoms with van der Waals surface area (Å²) in [6.07, 6.45) is 2.22. The Labute approximate surface area is 173 Å². The molecule has 2 atom stereocenters. The van der Waals surface area contributed by atoms with Crippen molar-refractivity contribution in [3.05, 3.63) is 45.3 Å². The fraction of sp³-hybridized carbons (Fsp3) is 0.500. The van der Waals surface area contributed by atoms with Crippen molar-refractivity contribution in [3.63, 3.8) is 0 Å². The average molecular weight is 414 g/mol. The molecule has 2 aromatic rings. The number of hydrogen-bond donors (Lipinski definition) is 1. The molecule has 152 valence electrons. The summed E-state index contributed by atoms with van der Waals surface area (Å²) >= 11 is 1.25. The van der Waals surface area contributed by atoms with E-state index in [-0.39, 0.29) is 28.2 Å². The van der Waals surface area contributed by atoms with Crippen molar-refractivity contribution in [2.24, 2.45) is 5.41 Å². The van der Waals surface area contributed by atoms with Crippen LogP contribution in [0.2, 0.25) is 0 Å². The van der Waals surface area contributed by atoms with Gasteiger partial charge in [0.15, 0.2) is 0 Å². The van der Waals surface area contributed by atoms with E-state index in [9.17, 15) is 14.9 Å². The summed E-state index contributed by atoms with van der Waals surface area (Å²) in [5, 5.41) is 22.8. The molecule has 9 heteroatoms. The van der Waals surface area contributed by atoms with Crippen LogP contribution in [0.1, 0.15) is 56.5 Å². The third-order valence-electron chi connectivity index (χ3n) is 6.80. The summed E-state index contributed by atoms with van der Waals surface area (Å²) < 4.78 is 0. The van der Waals surface area contributed by atoms with E-state index in [0.717, 1.165) is 24.2 Å². The largest absolute Gasteiger partial charge is 0.325 e. The van der Waals surface area contributed by atoms with Crippen LogP contribution in [0.4, 0.5) is 11.4 Å². The Morgan fingerprint density at radius 2 is 2.10 bits per heavy atom. The molecule has 1 aromatic heterocycles. The maximum absolute atomic E-state index is 12.3. The van der Waals surface area contributed by atoms with Gasteiger partial charge in [0.2, 0.25) is 11.1 Å². The molecule has 2 aliphatic rings. The van der Waals surface area contributed by atoms with Crippen molar-refractivity contribution in [3.8, 4) is 0 Å². The predicted octanol–water partition coefficient (Wildman–Crippen LogP) is 3.99. The highest BCUT2D eigenvalue weighted by Crippen LogP contribution is 2.66. The van der Waals surface area contributed by atoms with Crippen LogP contribution in [0.25, 0.3) is 0 Å². The molecular formula is C20H23N5O3S. The van der Waals surface area contributed by atoms with E-state index in [2.05, 4.69) is 36.3 Å². The number of aromatic nitrogens is 3. The lowest BCUT2D eigenvalue weighted by Crippen LogP contribution is -2.32. The maximum Gasteiger partial charge on any atom is 0.269 e. The number of nitro groups is 1. The normalized spacial score (nSPS) is 23.7. The first kappa shape index (κ1) is 19.8. The third kappa shape index (κ3) is 3.08. The van der Waals surface area contributed by atoms with Crippen LogP contribution in [0, 0.1) is 22.5 Å². The summed E-state index contributed by atoms with van der Waals surface area (Å²) in [6.45, 7) is 8.54. The molecule has 4 rings (SSSR count). The SMILES string of the molecule is Cc1cc([N+](=O)[O-])ccc1NC(=O)CSc1nnc2c(n1)[C@]1(C)CC[C@H]2C1(C)C. The van der Waals surface area contributed by atoms with E-state index >= 15 is 0 Å². The number of carbonyl (C=O) groups excluding carboxylic acids is 1. The van der Waals surface area contributed by atoms with E-state index < -0.39 is 4.92 Å². The van der Waals surface area contributed by atoms with Gasteiger partial charge in [-0.15, -0.1) is 5.10 Å². The average Bonchev–Trinajstić information content (AvgIpc) is 3.00. The minimum atomic E-state index is -0.457. The number of nitrogens with zero attached hydrogens (tertiary/aromatic N) is 4. The van der Waals surface area contributed by atoms with E-state index in [1.54, 1.807) is 13.0 Å². The second kappa shape index (κ2) is 6.76. The molecule has 1 aromatic carbocycles. The topological polar surface area (TPSA) is 111 Å². The zero-order valence-electron chi connectivity index (χ0n) is 16.9. The summed E-state index contributed by atoms with van der Waals surface area (Å²) in [6, 6.07) is 4.36. The number of fused-ring (bicyclic) bond motifs is 5. The van der Waals surface area contributed by atoms with Crippen LogP contribution in [0.5, 0.6) is 0 Å². The van der Waals surface area contributed by atoms with Gasteiger partial charge in [-0.2, -0.15) is 5.10 Å². The lowest BCUT2D eigenvalue weighted by Gasteiger charge is -2.33. The molecule has 29 heavy (non-hydrogen) atoms. The predicted molar refractivity (Wildman–Crippen MR) is 110 cm³/mol. The van der Waals surface area contributed by atoms with Gasteiger partial charge >= 0.3 is 0 Å². The summed E-state index contributed by atoms with van der Waals surface area (Å²) in [7, 11) is 0. The molecule has 0 unspecified atom stereocenters. The van der Waals surface area contributed by atoms with Crippen molar-refractivity contribution in [2.45, 2.75) is 57.0 Å². The van der Waals surface area contributed by atoms with Crippen LogP contribution in [0.15, 0.2) is 23.4 Å². The monoisotopic (exact) mass is 413 g/mol. The number of anilines is 1. The summed E-state index contributed by atoms with van der Waals surface area (Å²) in [5.74, 6) is 0.319. The minimum Gasteiger partial charge on any atom is -0.325 e. The van der Waals surface area contributed by atoms with E-state index in [1.807, 2.05) is 0 Å². The molecular weight excluding hydrogens is 390 g/mol. The first-order valence-electron chi connectivity index (χ1n) is 9.56. The smallest absolute Gasteiger partial charge is 0.269 e. The molecule has 8 nitrogen and oxygen atoms in total. The Morgan fingerprint density at radius 1 is 1.34 bits per heavy atom. The highest BCUT2D eigenvalue weighted by molar-refractivity contribution is 7.99.